The van der Waals surface area contributed by atoms with E-state index in [1.165, 1.54) is 21.3 Å². The summed E-state index contributed by atoms with van der Waals surface area (Å²) in [5, 5.41) is -1.94. The zero-order valence-electron chi connectivity index (χ0n) is 21.4. The summed E-state index contributed by atoms with van der Waals surface area (Å²) in [7, 11) is 3.79. The SMILES string of the molecule is COC(=O)C(Cl)CC(C)(C)C(CC(C)(C)C(CC(Cl)C(=O)c1ccccc1)C(=O)OC)C(=O)OC. The Labute approximate surface area is 217 Å². The Morgan fingerprint density at radius 2 is 1.17 bits per heavy atom. The molecule has 1 aromatic rings. The van der Waals surface area contributed by atoms with Crippen molar-refractivity contribution in [2.75, 3.05) is 21.3 Å². The Bertz CT molecular complexity index is 883. The highest BCUT2D eigenvalue weighted by atomic mass is 35.5. The zero-order chi connectivity index (χ0) is 27.0. The number of carbonyl (C=O) groups excluding carboxylic acids is 4. The van der Waals surface area contributed by atoms with Crippen molar-refractivity contribution >= 4 is 46.9 Å². The number of rotatable bonds is 13. The average molecular weight is 531 g/mol. The lowest BCUT2D eigenvalue weighted by Gasteiger charge is -2.41. The molecule has 35 heavy (non-hydrogen) atoms. The Balaban J connectivity index is 3.24. The molecule has 0 aliphatic rings. The minimum atomic E-state index is -0.975. The largest absolute Gasteiger partial charge is 0.469 e. The zero-order valence-corrected chi connectivity index (χ0v) is 22.9. The standard InChI is InChI=1S/C26H36Cl2O7/c1-25(2,14-18(23(31)34-6)26(3,4)15-20(28)24(32)35-7)17(22(30)33-5)13-19(27)21(29)16-11-9-8-10-12-16/h8-12,17-20H,13-15H2,1-7H3. The van der Waals surface area contributed by atoms with Crippen molar-refractivity contribution in [3.63, 3.8) is 0 Å². The summed E-state index contributed by atoms with van der Waals surface area (Å²) in [6.07, 6.45) is 0.356. The van der Waals surface area contributed by atoms with Gasteiger partial charge in [0.1, 0.15) is 5.38 Å². The van der Waals surface area contributed by atoms with Gasteiger partial charge in [0, 0.05) is 5.56 Å². The van der Waals surface area contributed by atoms with E-state index in [2.05, 4.69) is 0 Å². The fourth-order valence-corrected chi connectivity index (χ4v) is 5.07. The average Bonchev–Trinajstić information content (AvgIpc) is 2.83. The first-order valence-corrected chi connectivity index (χ1v) is 12.2. The van der Waals surface area contributed by atoms with E-state index in [9.17, 15) is 19.2 Å². The molecule has 4 unspecified atom stereocenters. The monoisotopic (exact) mass is 530 g/mol. The first kappa shape index (κ1) is 30.9. The van der Waals surface area contributed by atoms with E-state index in [4.69, 9.17) is 37.4 Å². The van der Waals surface area contributed by atoms with Crippen molar-refractivity contribution in [1.82, 2.24) is 0 Å². The number of ketones is 1. The topological polar surface area (TPSA) is 96.0 Å². The van der Waals surface area contributed by atoms with Crippen LogP contribution in [0.2, 0.25) is 0 Å². The van der Waals surface area contributed by atoms with Gasteiger partial charge in [0.05, 0.1) is 38.5 Å². The molecule has 4 atom stereocenters. The van der Waals surface area contributed by atoms with Crippen molar-refractivity contribution in [3.8, 4) is 0 Å². The van der Waals surface area contributed by atoms with Crippen LogP contribution < -0.4 is 0 Å². The molecule has 1 rings (SSSR count). The molecule has 0 saturated heterocycles. The van der Waals surface area contributed by atoms with Crippen LogP contribution in [0.1, 0.15) is 57.3 Å². The Morgan fingerprint density at radius 1 is 0.714 bits per heavy atom. The van der Waals surface area contributed by atoms with Crippen molar-refractivity contribution in [2.24, 2.45) is 22.7 Å². The van der Waals surface area contributed by atoms with Crippen LogP contribution in [0.25, 0.3) is 0 Å². The normalized spacial score (nSPS) is 15.3. The van der Waals surface area contributed by atoms with Crippen LogP contribution in [0, 0.1) is 22.7 Å². The van der Waals surface area contributed by atoms with Gasteiger partial charge in [-0.3, -0.25) is 19.2 Å². The smallest absolute Gasteiger partial charge is 0.323 e. The van der Waals surface area contributed by atoms with Crippen LogP contribution in [0.5, 0.6) is 0 Å². The maximum absolute atomic E-state index is 12.9. The van der Waals surface area contributed by atoms with Crippen LogP contribution >= 0.6 is 23.2 Å². The van der Waals surface area contributed by atoms with Gasteiger partial charge in [-0.1, -0.05) is 58.0 Å². The van der Waals surface area contributed by atoms with Crippen molar-refractivity contribution in [2.45, 2.75) is 57.7 Å². The maximum atomic E-state index is 12.9. The molecule has 0 radical (unpaired) electrons. The van der Waals surface area contributed by atoms with E-state index >= 15 is 0 Å². The lowest BCUT2D eigenvalue weighted by Crippen LogP contribution is -2.43. The molecular formula is C26H36Cl2O7. The van der Waals surface area contributed by atoms with E-state index in [0.717, 1.165) is 0 Å². The van der Waals surface area contributed by atoms with E-state index in [1.807, 2.05) is 13.8 Å². The number of ether oxygens (including phenoxy) is 3. The number of halogens is 2. The molecule has 1 aromatic carbocycles. The fourth-order valence-electron chi connectivity index (χ4n) is 4.28. The molecule has 0 spiro atoms. The highest BCUT2D eigenvalue weighted by Crippen LogP contribution is 2.46. The summed E-state index contributed by atoms with van der Waals surface area (Å²) in [6, 6.07) is 8.59. The minimum Gasteiger partial charge on any atom is -0.469 e. The molecule has 0 N–H and O–H groups in total. The molecule has 0 saturated carbocycles. The minimum absolute atomic E-state index is 0.0174. The number of carbonyl (C=O) groups is 4. The molecule has 9 heteroatoms. The number of methoxy groups -OCH3 is 3. The molecular weight excluding hydrogens is 495 g/mol. The Kier molecular flexibility index (Phi) is 11.7. The van der Waals surface area contributed by atoms with Gasteiger partial charge in [-0.2, -0.15) is 0 Å². The molecule has 0 aliphatic heterocycles. The molecule has 0 heterocycles. The second-order valence-corrected chi connectivity index (χ2v) is 11.0. The van der Waals surface area contributed by atoms with Gasteiger partial charge in [-0.05, 0) is 30.1 Å². The van der Waals surface area contributed by atoms with Gasteiger partial charge >= 0.3 is 17.9 Å². The van der Waals surface area contributed by atoms with Gasteiger partial charge in [0.2, 0.25) is 0 Å². The first-order valence-electron chi connectivity index (χ1n) is 11.3. The summed E-state index contributed by atoms with van der Waals surface area (Å²) < 4.78 is 14.8. The highest BCUT2D eigenvalue weighted by molar-refractivity contribution is 6.34. The van der Waals surface area contributed by atoms with Crippen LogP contribution in [-0.2, 0) is 28.6 Å². The third-order valence-electron chi connectivity index (χ3n) is 6.54. The van der Waals surface area contributed by atoms with Gasteiger partial charge < -0.3 is 14.2 Å². The third kappa shape index (κ3) is 8.50. The van der Waals surface area contributed by atoms with Crippen molar-refractivity contribution < 1.29 is 33.4 Å². The number of benzene rings is 1. The predicted molar refractivity (Wildman–Crippen MR) is 134 cm³/mol. The molecule has 196 valence electrons. The summed E-state index contributed by atoms with van der Waals surface area (Å²) in [6.45, 7) is 7.24. The van der Waals surface area contributed by atoms with Crippen LogP contribution in [0.3, 0.4) is 0 Å². The lowest BCUT2D eigenvalue weighted by molar-refractivity contribution is -0.157. The molecule has 0 aromatic heterocycles. The molecule has 0 amide bonds. The van der Waals surface area contributed by atoms with Gasteiger partial charge in [-0.25, -0.2) is 0 Å². The lowest BCUT2D eigenvalue weighted by atomic mass is 9.64. The number of hydrogen-bond donors (Lipinski definition) is 0. The Morgan fingerprint density at radius 3 is 1.66 bits per heavy atom. The molecule has 0 aliphatic carbocycles. The fraction of sp³-hybridized carbons (Fsp3) is 0.615. The second kappa shape index (κ2) is 13.3. The van der Waals surface area contributed by atoms with E-state index in [1.54, 1.807) is 44.2 Å². The second-order valence-electron chi connectivity index (χ2n) is 9.96. The maximum Gasteiger partial charge on any atom is 0.323 e. The van der Waals surface area contributed by atoms with Crippen molar-refractivity contribution in [3.05, 3.63) is 35.9 Å². The van der Waals surface area contributed by atoms with E-state index in [-0.39, 0.29) is 25.0 Å². The summed E-state index contributed by atoms with van der Waals surface area (Å²) in [4.78, 5) is 50.4. The van der Waals surface area contributed by atoms with E-state index in [0.29, 0.717) is 5.56 Å². The highest BCUT2D eigenvalue weighted by Gasteiger charge is 2.46. The van der Waals surface area contributed by atoms with Gasteiger partial charge in [0.25, 0.3) is 0 Å². The quantitative estimate of drug-likeness (QED) is 0.152. The Hall–Kier alpha value is -2.12. The van der Waals surface area contributed by atoms with Crippen LogP contribution in [-0.4, -0.2) is 55.8 Å². The van der Waals surface area contributed by atoms with Crippen LogP contribution in [0.15, 0.2) is 30.3 Å². The molecule has 0 bridgehead atoms. The third-order valence-corrected chi connectivity index (χ3v) is 7.24. The van der Waals surface area contributed by atoms with Crippen molar-refractivity contribution in [1.29, 1.82) is 0 Å². The van der Waals surface area contributed by atoms with Crippen LogP contribution in [0.4, 0.5) is 0 Å². The van der Waals surface area contributed by atoms with Gasteiger partial charge in [-0.15, -0.1) is 23.2 Å². The first-order chi connectivity index (χ1) is 16.2. The number of Topliss-reactive ketones (excluding diaryl/α,β-unsaturated/α-hetero) is 1. The molecule has 0 fully saturated rings. The summed E-state index contributed by atoms with van der Waals surface area (Å²) in [5.74, 6) is -3.45. The number of alkyl halides is 2. The number of esters is 3. The number of hydrogen-bond acceptors (Lipinski definition) is 7. The summed E-state index contributed by atoms with van der Waals surface area (Å²) >= 11 is 12.7. The van der Waals surface area contributed by atoms with E-state index < -0.39 is 51.3 Å². The molecule has 7 nitrogen and oxygen atoms in total. The summed E-state index contributed by atoms with van der Waals surface area (Å²) in [5.41, 5.74) is -1.18. The van der Waals surface area contributed by atoms with Gasteiger partial charge in [0.15, 0.2) is 5.78 Å². The predicted octanol–water partition coefficient (Wildman–Crippen LogP) is 5.06.